The SMILES string of the molecule is CCc1ccccc1CNS(C)(NCc1ccccc1C=N)(OCCOCCOCCNCCCOC)(OCCOCCOCCNCCCOC)N(N)/N=C/c1ccccc1C=N. The van der Waals surface area contributed by atoms with Gasteiger partial charge in [0.25, 0.3) is 0 Å². The summed E-state index contributed by atoms with van der Waals surface area (Å²) in [5.41, 5.74) is 4.98. The largest absolute Gasteiger partial charge is 0.385 e. The Bertz CT molecular complexity index is 1760. The van der Waals surface area contributed by atoms with Crippen molar-refractivity contribution < 1.29 is 36.8 Å². The van der Waals surface area contributed by atoms with Crippen molar-refractivity contribution in [1.29, 1.82) is 10.8 Å². The summed E-state index contributed by atoms with van der Waals surface area (Å²) in [4.78, 5) is 0. The molecule has 0 spiro atoms. The maximum atomic E-state index is 8.20. The summed E-state index contributed by atoms with van der Waals surface area (Å²) in [7, 11) is -1.86. The van der Waals surface area contributed by atoms with E-state index in [4.69, 9.17) is 58.5 Å². The maximum Gasteiger partial charge on any atom is 0.0963 e. The smallest absolute Gasteiger partial charge is 0.0963 e. The van der Waals surface area contributed by atoms with Gasteiger partial charge in [0.1, 0.15) is 0 Å². The average molecular weight is 916 g/mol. The summed E-state index contributed by atoms with van der Waals surface area (Å²) in [5.74, 6) is 7.29. The first-order valence-electron chi connectivity index (χ1n) is 22.1. The quantitative estimate of drug-likeness (QED) is 0.0178. The zero-order valence-corrected chi connectivity index (χ0v) is 39.5. The number of aryl methyl sites for hydroxylation is 1. The lowest BCUT2D eigenvalue weighted by molar-refractivity contribution is 0.0212. The minimum Gasteiger partial charge on any atom is -0.385 e. The topological polar surface area (TPSA) is 211 Å². The molecule has 0 saturated carbocycles. The Morgan fingerprint density at radius 3 is 1.52 bits per heavy atom. The molecule has 0 aliphatic heterocycles. The molecular weight excluding hydrogens is 839 g/mol. The molecule has 0 aliphatic rings. The number of methoxy groups -OCH3 is 2. The first kappa shape index (κ1) is 54.6. The molecule has 0 atom stereocenters. The highest BCUT2D eigenvalue weighted by Gasteiger charge is 2.55. The Hall–Kier alpha value is -3.70. The van der Waals surface area contributed by atoms with Crippen LogP contribution in [0.25, 0.3) is 0 Å². The standard InChI is InChI=1S/C46H77N9O8S/c1-5-41-14-6-9-18-45(41)39-53-64(4,54-40-46-19-11-8-16-43(46)37-48,55(49)52-38-44-17-10-7-15-42(44)36-47,62-34-32-60-30-28-58-26-22-50-20-12-24-56-2)63-35-33-61-31-29-59-27-23-51-21-13-25-57-3/h6-11,14-19,36-38,47-48,50-51,53-54H,5,12-13,20-35,39-40,49H2,1-4H3/b47-36?,48-37?,52-38+. The predicted octanol–water partition coefficient (Wildman–Crippen LogP) is 4.77. The Morgan fingerprint density at radius 2 is 1.00 bits per heavy atom. The average Bonchev–Trinajstić information content (AvgIpc) is 3.33. The highest BCUT2D eigenvalue weighted by molar-refractivity contribution is 8.52. The minimum absolute atomic E-state index is 0.0231. The van der Waals surface area contributed by atoms with Crippen LogP contribution >= 0.6 is 9.41 Å². The van der Waals surface area contributed by atoms with Gasteiger partial charge in [0.2, 0.25) is 0 Å². The second-order valence-electron chi connectivity index (χ2n) is 15.0. The molecule has 0 bridgehead atoms. The van der Waals surface area contributed by atoms with Gasteiger partial charge in [-0.2, -0.15) is 0 Å². The summed E-state index contributed by atoms with van der Waals surface area (Å²) >= 11 is 0. The summed E-state index contributed by atoms with van der Waals surface area (Å²) in [6.07, 6.45) is 8.64. The number of hydrazine groups is 1. The van der Waals surface area contributed by atoms with E-state index in [1.54, 1.807) is 26.7 Å². The van der Waals surface area contributed by atoms with Crippen molar-refractivity contribution >= 4 is 28.1 Å². The van der Waals surface area contributed by atoms with Crippen LogP contribution in [0.4, 0.5) is 0 Å². The second-order valence-corrected chi connectivity index (χ2v) is 19.9. The molecule has 0 aliphatic carbocycles. The Morgan fingerprint density at radius 1 is 0.562 bits per heavy atom. The molecule has 0 radical (unpaired) electrons. The number of hydrogen-bond donors (Lipinski definition) is 7. The molecule has 18 heteroatoms. The summed E-state index contributed by atoms with van der Waals surface area (Å²) in [5, 5.41) is 27.8. The molecule has 3 aromatic rings. The normalized spacial score (nSPS) is 13.0. The third-order valence-corrected chi connectivity index (χ3v) is 15.0. The fraction of sp³-hybridized carbons (Fsp3) is 0.543. The van der Waals surface area contributed by atoms with Crippen LogP contribution in [0, 0.1) is 10.8 Å². The molecule has 0 saturated heterocycles. The van der Waals surface area contributed by atoms with Gasteiger partial charge in [-0.05, 0) is 54.6 Å². The third kappa shape index (κ3) is 18.3. The third-order valence-electron chi connectivity index (χ3n) is 10.3. The highest BCUT2D eigenvalue weighted by atomic mass is 32.4. The van der Waals surface area contributed by atoms with Gasteiger partial charge in [0.15, 0.2) is 0 Å². The molecule has 0 amide bonds. The summed E-state index contributed by atoms with van der Waals surface area (Å²) in [6.45, 7) is 10.2. The molecule has 3 aromatic carbocycles. The van der Waals surface area contributed by atoms with Gasteiger partial charge in [-0.15, -0.1) is 19.0 Å². The monoisotopic (exact) mass is 916 g/mol. The van der Waals surface area contributed by atoms with E-state index in [1.807, 2.05) is 60.7 Å². The fourth-order valence-electron chi connectivity index (χ4n) is 6.50. The second kappa shape index (κ2) is 30.5. The van der Waals surface area contributed by atoms with Crippen LogP contribution in [-0.2, 0) is 56.3 Å². The van der Waals surface area contributed by atoms with Gasteiger partial charge < -0.3 is 49.9 Å². The van der Waals surface area contributed by atoms with Crippen molar-refractivity contribution in [3.63, 3.8) is 0 Å². The summed E-state index contributed by atoms with van der Waals surface area (Å²) in [6, 6.07) is 23.2. The zero-order valence-electron chi connectivity index (χ0n) is 38.7. The fourth-order valence-corrected chi connectivity index (χ4v) is 9.99. The molecule has 360 valence electrons. The van der Waals surface area contributed by atoms with Gasteiger partial charge in [-0.25, -0.2) is 15.3 Å². The molecule has 8 N–H and O–H groups in total. The number of ether oxygens (including phenoxy) is 6. The van der Waals surface area contributed by atoms with Crippen molar-refractivity contribution in [2.75, 3.05) is 126 Å². The molecule has 3 rings (SSSR count). The van der Waals surface area contributed by atoms with Crippen LogP contribution in [0.2, 0.25) is 0 Å². The van der Waals surface area contributed by atoms with E-state index in [0.29, 0.717) is 56.3 Å². The number of nitrogens with two attached hydrogens (primary N) is 1. The first-order valence-corrected chi connectivity index (χ1v) is 24.8. The van der Waals surface area contributed by atoms with E-state index >= 15 is 0 Å². The van der Waals surface area contributed by atoms with Gasteiger partial charge in [0.05, 0.1) is 72.3 Å². The van der Waals surface area contributed by atoms with E-state index in [1.165, 1.54) is 17.0 Å². The van der Waals surface area contributed by atoms with Gasteiger partial charge in [0, 0.05) is 83.4 Å². The number of rotatable bonds is 40. The number of nitrogens with one attached hydrogen (secondary N) is 6. The van der Waals surface area contributed by atoms with Crippen molar-refractivity contribution in [3.05, 3.63) is 106 Å². The lowest BCUT2D eigenvalue weighted by Crippen LogP contribution is -2.70. The molecule has 0 aromatic heterocycles. The van der Waals surface area contributed by atoms with Gasteiger partial charge in [-0.3, -0.25) is 8.37 Å². The lowest BCUT2D eigenvalue weighted by atomic mass is 10.1. The summed E-state index contributed by atoms with van der Waals surface area (Å²) < 4.78 is 56.9. The van der Waals surface area contributed by atoms with Crippen LogP contribution in [0.3, 0.4) is 0 Å². The van der Waals surface area contributed by atoms with E-state index < -0.39 is 9.41 Å². The van der Waals surface area contributed by atoms with Crippen LogP contribution in [0.1, 0.15) is 53.1 Å². The van der Waals surface area contributed by atoms with Gasteiger partial charge in [-0.1, -0.05) is 79.7 Å². The number of hydrogen-bond acceptors (Lipinski definition) is 17. The molecule has 17 nitrogen and oxygen atoms in total. The molecule has 64 heavy (non-hydrogen) atoms. The Labute approximate surface area is 381 Å². The van der Waals surface area contributed by atoms with Crippen LogP contribution in [-0.4, -0.2) is 149 Å². The zero-order chi connectivity index (χ0) is 46.1. The first-order chi connectivity index (χ1) is 31.2. The van der Waals surface area contributed by atoms with Crippen LogP contribution < -0.4 is 25.9 Å². The lowest BCUT2D eigenvalue weighted by Gasteiger charge is -2.84. The van der Waals surface area contributed by atoms with Crippen molar-refractivity contribution in [3.8, 4) is 0 Å². The Balaban J connectivity index is 1.96. The van der Waals surface area contributed by atoms with Crippen LogP contribution in [0.5, 0.6) is 0 Å². The number of hydrazone groups is 1. The molecule has 0 unspecified atom stereocenters. The van der Waals surface area contributed by atoms with Crippen molar-refractivity contribution in [2.24, 2.45) is 10.9 Å². The maximum absolute atomic E-state index is 8.20. The number of nitrogens with zero attached hydrogens (tertiary/aromatic N) is 2. The molecular formula is C46H77N9O8S. The van der Waals surface area contributed by atoms with E-state index in [9.17, 15) is 0 Å². The van der Waals surface area contributed by atoms with Gasteiger partial charge >= 0.3 is 0 Å². The number of benzene rings is 3. The predicted molar refractivity (Wildman–Crippen MR) is 259 cm³/mol. The molecule has 0 heterocycles. The highest BCUT2D eigenvalue weighted by Crippen LogP contribution is 2.83. The van der Waals surface area contributed by atoms with E-state index in [2.05, 4.69) is 39.1 Å². The molecule has 0 fully saturated rings. The van der Waals surface area contributed by atoms with E-state index in [-0.39, 0.29) is 39.5 Å². The van der Waals surface area contributed by atoms with Crippen molar-refractivity contribution in [2.45, 2.75) is 39.3 Å². The Kier molecular flexibility index (Phi) is 26.0. The minimum atomic E-state index is -5.26. The van der Waals surface area contributed by atoms with Crippen molar-refractivity contribution in [1.82, 2.24) is 24.6 Å². The van der Waals surface area contributed by atoms with E-state index in [0.717, 1.165) is 75.3 Å². The van der Waals surface area contributed by atoms with Crippen LogP contribution in [0.15, 0.2) is 77.9 Å².